The quantitative estimate of drug-likeness (QED) is 0.0864. The fraction of sp³-hybridized carbons (Fsp3) is 0.607. The Kier molecular flexibility index (Phi) is 9.63. The lowest BCUT2D eigenvalue weighted by atomic mass is 10.0. The Morgan fingerprint density at radius 2 is 1.93 bits per heavy atom. The lowest BCUT2D eigenvalue weighted by molar-refractivity contribution is -0.141. The number of carbonyl (C=O) groups excluding carboxylic acids is 2. The van der Waals surface area contributed by atoms with Crippen molar-refractivity contribution >= 4 is 54.6 Å². The molecule has 1 aromatic rings. The Balaban J connectivity index is 1.88. The van der Waals surface area contributed by atoms with E-state index in [1.165, 1.54) is 7.11 Å². The molecule has 9 nitrogen and oxygen atoms in total. The van der Waals surface area contributed by atoms with Crippen molar-refractivity contribution in [2.45, 2.75) is 102 Å². The second kappa shape index (κ2) is 11.8. The highest BCUT2D eigenvalue weighted by molar-refractivity contribution is 14.1. The highest BCUT2D eigenvalue weighted by atomic mass is 127. The summed E-state index contributed by atoms with van der Waals surface area (Å²) in [4.78, 5) is 29.0. The number of esters is 1. The van der Waals surface area contributed by atoms with E-state index in [1.54, 1.807) is 32.9 Å². The summed E-state index contributed by atoms with van der Waals surface area (Å²) in [6.07, 6.45) is 5.41. The molecule has 1 saturated heterocycles. The van der Waals surface area contributed by atoms with Gasteiger partial charge in [0.25, 0.3) is 0 Å². The molecular formula is C28H38ClIN2O7Si. The third-order valence-electron chi connectivity index (χ3n) is 7.17. The molecule has 2 aliphatic rings. The zero-order valence-corrected chi connectivity index (χ0v) is 28.3. The van der Waals surface area contributed by atoms with Crippen LogP contribution in [0.15, 0.2) is 21.8 Å². The number of epoxide rings is 1. The van der Waals surface area contributed by atoms with Crippen LogP contribution in [0.1, 0.15) is 59.7 Å². The maximum absolute atomic E-state index is 12.4. The molecule has 0 radical (unpaired) electrons. The fourth-order valence-corrected chi connectivity index (χ4v) is 6.57. The summed E-state index contributed by atoms with van der Waals surface area (Å²) < 4.78 is 30.3. The number of rotatable bonds is 8. The highest BCUT2D eigenvalue weighted by Crippen LogP contribution is 2.56. The summed E-state index contributed by atoms with van der Waals surface area (Å²) in [5, 5.41) is 2.68. The standard InChI is InChI=1S/C28H38ClIN2O7Si/c1-11-21-28(37-21)20(30)15-19(23(28)39-40(9,10)27(5,6)7)36-18-13-12-16(31-24(18)29)17(14-22(33)35-8)32-25(34)38-26(2,3)4/h1,12-13,15,17,19,21,23H,14H2,2-10H3,(H,32,34)/t17-,19+,21+,23+,28-/m1/s1. The topological polar surface area (TPSA) is 109 Å². The molecule has 5 atom stereocenters. The van der Waals surface area contributed by atoms with Crippen LogP contribution in [0.25, 0.3) is 0 Å². The number of carbonyl (C=O) groups is 2. The van der Waals surface area contributed by atoms with E-state index >= 15 is 0 Å². The average molecular weight is 705 g/mol. The molecule has 3 rings (SSSR count). The molecule has 220 valence electrons. The number of terminal acetylenes is 1. The molecule has 40 heavy (non-hydrogen) atoms. The van der Waals surface area contributed by atoms with E-state index in [0.29, 0.717) is 11.4 Å². The molecule has 1 amide bonds. The van der Waals surface area contributed by atoms with Gasteiger partial charge in [-0.1, -0.05) is 38.3 Å². The number of methoxy groups -OCH3 is 1. The van der Waals surface area contributed by atoms with E-state index in [2.05, 4.69) is 72.7 Å². The smallest absolute Gasteiger partial charge is 0.408 e. The van der Waals surface area contributed by atoms with Crippen molar-refractivity contribution in [1.29, 1.82) is 0 Å². The van der Waals surface area contributed by atoms with Gasteiger partial charge in [-0.05, 0) is 79.7 Å². The van der Waals surface area contributed by atoms with Gasteiger partial charge in [-0.2, -0.15) is 0 Å². The van der Waals surface area contributed by atoms with Crippen LogP contribution in [-0.2, 0) is 23.4 Å². The lowest BCUT2D eigenvalue weighted by Crippen LogP contribution is -2.51. The number of pyridine rings is 1. The van der Waals surface area contributed by atoms with Gasteiger partial charge >= 0.3 is 12.1 Å². The number of nitrogens with one attached hydrogen (secondary N) is 1. The molecule has 12 heteroatoms. The van der Waals surface area contributed by atoms with Crippen molar-refractivity contribution in [2.75, 3.05) is 7.11 Å². The van der Waals surface area contributed by atoms with Crippen molar-refractivity contribution in [3.05, 3.63) is 32.6 Å². The van der Waals surface area contributed by atoms with Gasteiger partial charge in [0.1, 0.15) is 17.8 Å². The maximum atomic E-state index is 12.4. The van der Waals surface area contributed by atoms with Crippen molar-refractivity contribution in [2.24, 2.45) is 0 Å². The molecule has 1 spiro atoms. The molecule has 1 fully saturated rings. The van der Waals surface area contributed by atoms with E-state index in [4.69, 9.17) is 41.4 Å². The Morgan fingerprint density at radius 1 is 1.27 bits per heavy atom. The van der Waals surface area contributed by atoms with Crippen LogP contribution in [0.2, 0.25) is 23.3 Å². The first-order valence-corrected chi connectivity index (χ1v) is 17.3. The third-order valence-corrected chi connectivity index (χ3v) is 13.1. The molecule has 1 N–H and O–H groups in total. The molecule has 2 heterocycles. The van der Waals surface area contributed by atoms with Crippen LogP contribution in [0, 0.1) is 12.3 Å². The van der Waals surface area contributed by atoms with Gasteiger partial charge in [0.15, 0.2) is 30.9 Å². The molecule has 0 aromatic carbocycles. The van der Waals surface area contributed by atoms with Crippen molar-refractivity contribution in [3.8, 4) is 18.1 Å². The van der Waals surface area contributed by atoms with Gasteiger partial charge in [-0.25, -0.2) is 9.78 Å². The summed E-state index contributed by atoms with van der Waals surface area (Å²) in [7, 11) is -0.981. The number of aromatic nitrogens is 1. The van der Waals surface area contributed by atoms with E-state index in [-0.39, 0.29) is 16.6 Å². The SMILES string of the molecule is C#C[C@@H]1O[C@]12C(I)=C[C@H](Oc1ccc([C@@H](CC(=O)OC)NC(=O)OC(C)(C)C)nc1Cl)[C@@H]2O[Si](C)(C)C(C)(C)C. The van der Waals surface area contributed by atoms with Crippen molar-refractivity contribution in [1.82, 2.24) is 10.3 Å². The number of ether oxygens (including phenoxy) is 4. The van der Waals surface area contributed by atoms with Gasteiger partial charge in [0.05, 0.1) is 25.3 Å². The molecule has 0 bridgehead atoms. The summed E-state index contributed by atoms with van der Waals surface area (Å²) in [6, 6.07) is 2.44. The summed E-state index contributed by atoms with van der Waals surface area (Å²) >= 11 is 8.81. The van der Waals surface area contributed by atoms with Crippen molar-refractivity contribution in [3.63, 3.8) is 0 Å². The van der Waals surface area contributed by atoms with E-state index in [9.17, 15) is 9.59 Å². The number of hydrogen-bond acceptors (Lipinski definition) is 8. The van der Waals surface area contributed by atoms with Gasteiger partial charge in [-0.3, -0.25) is 4.79 Å². The first-order chi connectivity index (χ1) is 18.3. The number of hydrogen-bond donors (Lipinski definition) is 1. The minimum Gasteiger partial charge on any atom is -0.480 e. The normalized spacial score (nSPS) is 25.1. The van der Waals surface area contributed by atoms with Crippen LogP contribution < -0.4 is 10.1 Å². The maximum Gasteiger partial charge on any atom is 0.408 e. The Hall–Kier alpha value is -1.85. The monoisotopic (exact) mass is 704 g/mol. The van der Waals surface area contributed by atoms with Crippen LogP contribution in [0.5, 0.6) is 5.75 Å². The molecule has 1 aliphatic heterocycles. The highest BCUT2D eigenvalue weighted by Gasteiger charge is 2.70. The van der Waals surface area contributed by atoms with E-state index < -0.39 is 55.9 Å². The van der Waals surface area contributed by atoms with Crippen LogP contribution in [-0.4, -0.2) is 62.0 Å². The van der Waals surface area contributed by atoms with Gasteiger partial charge in [0.2, 0.25) is 0 Å². The minimum absolute atomic E-state index is 0.0517. The summed E-state index contributed by atoms with van der Waals surface area (Å²) in [5.74, 6) is 2.49. The van der Waals surface area contributed by atoms with E-state index in [0.717, 1.165) is 3.58 Å². The predicted molar refractivity (Wildman–Crippen MR) is 163 cm³/mol. The van der Waals surface area contributed by atoms with Gasteiger partial charge in [-0.15, -0.1) is 6.42 Å². The van der Waals surface area contributed by atoms with Crippen LogP contribution in [0.3, 0.4) is 0 Å². The van der Waals surface area contributed by atoms with Gasteiger partial charge in [0, 0.05) is 3.58 Å². The number of nitrogens with zero attached hydrogens (tertiary/aromatic N) is 1. The molecule has 1 aliphatic carbocycles. The second-order valence-corrected chi connectivity index (χ2v) is 18.6. The third kappa shape index (κ3) is 7.13. The van der Waals surface area contributed by atoms with E-state index in [1.807, 2.05) is 6.08 Å². The molecule has 0 unspecified atom stereocenters. The lowest BCUT2D eigenvalue weighted by Gasteiger charge is -2.40. The Bertz CT molecular complexity index is 1220. The molecule has 0 saturated carbocycles. The summed E-state index contributed by atoms with van der Waals surface area (Å²) in [5.41, 5.74) is -1.13. The van der Waals surface area contributed by atoms with Crippen LogP contribution >= 0.6 is 34.2 Å². The zero-order chi connectivity index (χ0) is 30.3. The van der Waals surface area contributed by atoms with Gasteiger partial charge < -0.3 is 28.7 Å². The zero-order valence-electron chi connectivity index (χ0n) is 24.4. The minimum atomic E-state index is -2.25. The average Bonchev–Trinajstić information content (AvgIpc) is 3.51. The first kappa shape index (κ1) is 32.7. The second-order valence-electron chi connectivity index (χ2n) is 12.4. The molecular weight excluding hydrogens is 667 g/mol. The predicted octanol–water partition coefficient (Wildman–Crippen LogP) is 6.11. The number of amides is 1. The number of alkyl carbamates (subject to hydrolysis) is 1. The summed E-state index contributed by atoms with van der Waals surface area (Å²) in [6.45, 7) is 16.0. The Morgan fingerprint density at radius 3 is 2.42 bits per heavy atom. The van der Waals surface area contributed by atoms with Crippen molar-refractivity contribution < 1.29 is 33.0 Å². The largest absolute Gasteiger partial charge is 0.480 e. The Labute approximate surface area is 256 Å². The molecule has 1 aromatic heterocycles. The first-order valence-electron chi connectivity index (χ1n) is 12.9. The van der Waals surface area contributed by atoms with Crippen LogP contribution in [0.4, 0.5) is 4.79 Å². The fourth-order valence-electron chi connectivity index (χ4n) is 4.00. The number of halogens is 2.